The van der Waals surface area contributed by atoms with E-state index in [1.54, 1.807) is 76.2 Å². The van der Waals surface area contributed by atoms with E-state index in [-0.39, 0.29) is 87.9 Å². The molecule has 0 amide bonds. The molecule has 0 spiro atoms. The van der Waals surface area contributed by atoms with Crippen LogP contribution in [0.3, 0.4) is 0 Å². The molecular weight excluding hydrogens is 700 g/mol. The molecular formula is C45H60O10. The fraction of sp³-hybridized carbons (Fsp3) is 0.511. The summed E-state index contributed by atoms with van der Waals surface area (Å²) in [5.41, 5.74) is 2.29. The van der Waals surface area contributed by atoms with Gasteiger partial charge in [0.25, 0.3) is 0 Å². The Morgan fingerprint density at radius 2 is 0.691 bits per heavy atom. The first kappa shape index (κ1) is 50.1. The average molecular weight is 761 g/mol. The van der Waals surface area contributed by atoms with Crippen LogP contribution in [-0.4, -0.2) is 57.8 Å². The molecule has 2 atom stereocenters. The van der Waals surface area contributed by atoms with Crippen LogP contribution in [0.5, 0.6) is 0 Å². The quantitative estimate of drug-likeness (QED) is 0.169. The Balaban J connectivity index is 0.000000670. The monoisotopic (exact) mass is 760 g/mol. The van der Waals surface area contributed by atoms with Crippen LogP contribution in [0.15, 0.2) is 48.5 Å². The van der Waals surface area contributed by atoms with Crippen LogP contribution >= 0.6 is 0 Å². The zero-order valence-corrected chi connectivity index (χ0v) is 34.4. The van der Waals surface area contributed by atoms with Gasteiger partial charge in [0.1, 0.15) is 34.7 Å². The molecule has 0 saturated heterocycles. The van der Waals surface area contributed by atoms with E-state index in [0.29, 0.717) is 22.3 Å². The Morgan fingerprint density at radius 1 is 0.400 bits per heavy atom. The van der Waals surface area contributed by atoms with E-state index in [1.165, 1.54) is 41.5 Å². The molecule has 2 unspecified atom stereocenters. The van der Waals surface area contributed by atoms with Crippen molar-refractivity contribution in [3.63, 3.8) is 0 Å². The molecule has 300 valence electrons. The van der Waals surface area contributed by atoms with Crippen molar-refractivity contribution in [3.05, 3.63) is 70.8 Å². The molecule has 0 N–H and O–H groups in total. The van der Waals surface area contributed by atoms with Gasteiger partial charge in [-0.05, 0) is 108 Å². The summed E-state index contributed by atoms with van der Waals surface area (Å²) in [6.07, 6.45) is 7.79. The fourth-order valence-electron chi connectivity index (χ4n) is 6.40. The molecule has 0 heterocycles. The van der Waals surface area contributed by atoms with Crippen molar-refractivity contribution in [2.24, 2.45) is 23.7 Å². The summed E-state index contributed by atoms with van der Waals surface area (Å²) in [4.78, 5) is 108. The van der Waals surface area contributed by atoms with Crippen LogP contribution < -0.4 is 0 Å². The van der Waals surface area contributed by atoms with Crippen LogP contribution in [0.2, 0.25) is 0 Å². The average Bonchev–Trinajstić information content (AvgIpc) is 3.12. The van der Waals surface area contributed by atoms with Crippen molar-refractivity contribution < 1.29 is 47.9 Å². The summed E-state index contributed by atoms with van der Waals surface area (Å²) in [5, 5.41) is 0. The van der Waals surface area contributed by atoms with Gasteiger partial charge in [-0.15, -0.1) is 0 Å². The second kappa shape index (κ2) is 26.0. The number of hydrogen-bond donors (Lipinski definition) is 0. The first-order chi connectivity index (χ1) is 25.6. The smallest absolute Gasteiger partial charge is 0.160 e. The van der Waals surface area contributed by atoms with E-state index in [9.17, 15) is 47.9 Å². The van der Waals surface area contributed by atoms with E-state index in [2.05, 4.69) is 0 Å². The van der Waals surface area contributed by atoms with Gasteiger partial charge < -0.3 is 0 Å². The molecule has 0 radical (unpaired) electrons. The first-order valence-electron chi connectivity index (χ1n) is 18.8. The van der Waals surface area contributed by atoms with Gasteiger partial charge in [-0.2, -0.15) is 0 Å². The Labute approximate surface area is 326 Å². The highest BCUT2D eigenvalue weighted by Crippen LogP contribution is 2.31. The SMILES string of the molecule is CC(=O)C1CCC(C(C)=O)CC1.CC(=O)C1CCCCC1C(C)=O.CC(=O)CC(C)=O.CC(=O)c1ccc(C(C)=O)cc1.CC(=O)c1ccccc1C(C)=O. The molecule has 10 nitrogen and oxygen atoms in total. The fourth-order valence-corrected chi connectivity index (χ4v) is 6.40. The zero-order valence-electron chi connectivity index (χ0n) is 34.4. The minimum Gasteiger partial charge on any atom is -0.300 e. The van der Waals surface area contributed by atoms with Gasteiger partial charge >= 0.3 is 0 Å². The first-order valence-corrected chi connectivity index (χ1v) is 18.8. The molecule has 2 aromatic carbocycles. The maximum atomic E-state index is 11.2. The number of ketones is 10. The normalized spacial score (nSPS) is 18.2. The van der Waals surface area contributed by atoms with Crippen molar-refractivity contribution in [2.75, 3.05) is 0 Å². The van der Waals surface area contributed by atoms with E-state index in [4.69, 9.17) is 0 Å². The molecule has 2 aromatic rings. The summed E-state index contributed by atoms with van der Waals surface area (Å²) in [6, 6.07) is 13.5. The molecule has 2 aliphatic rings. The molecule has 0 bridgehead atoms. The van der Waals surface area contributed by atoms with Crippen molar-refractivity contribution in [1.29, 1.82) is 0 Å². The maximum absolute atomic E-state index is 11.2. The second-order valence-corrected chi connectivity index (χ2v) is 14.4. The molecule has 2 saturated carbocycles. The van der Waals surface area contributed by atoms with Crippen molar-refractivity contribution in [1.82, 2.24) is 0 Å². The van der Waals surface area contributed by atoms with Crippen LogP contribution in [0.25, 0.3) is 0 Å². The molecule has 10 heteroatoms. The van der Waals surface area contributed by atoms with E-state index in [0.717, 1.165) is 51.4 Å². The highest BCUT2D eigenvalue weighted by atomic mass is 16.2. The lowest BCUT2D eigenvalue weighted by Crippen LogP contribution is -2.30. The third-order valence-corrected chi connectivity index (χ3v) is 9.57. The number of benzene rings is 2. The molecule has 0 aromatic heterocycles. The topological polar surface area (TPSA) is 171 Å². The molecule has 2 aliphatic carbocycles. The standard InChI is InChI=1S/C10H16O2.C10H10O2.C10H16O2.C10H10O2.C5H8O2/c2*1-7(11)9-3-5-10(6-4-9)8(2)12;2*1-7(11)9-5-3-4-6-10(9)8(2)12;1-4(6)3-5(2)7/h9-10H,3-6H2,1-2H3;3-6H,1-2H3;9-10H,3-6H2,1-2H3;3-6H,1-2H3;3H2,1-2H3. The van der Waals surface area contributed by atoms with Gasteiger partial charge in [0.05, 0.1) is 6.42 Å². The summed E-state index contributed by atoms with van der Waals surface area (Å²) in [5.74, 6) is 1.25. The van der Waals surface area contributed by atoms with Crippen molar-refractivity contribution >= 4 is 57.8 Å². The number of carbonyl (C=O) groups is 10. The number of carbonyl (C=O) groups excluding carboxylic acids is 10. The number of hydrogen-bond acceptors (Lipinski definition) is 10. The zero-order chi connectivity index (χ0) is 42.4. The van der Waals surface area contributed by atoms with Gasteiger partial charge in [-0.1, -0.05) is 61.4 Å². The second-order valence-electron chi connectivity index (χ2n) is 14.4. The Hall–Kier alpha value is -4.86. The van der Waals surface area contributed by atoms with Gasteiger partial charge in [0, 0.05) is 45.9 Å². The van der Waals surface area contributed by atoms with Gasteiger partial charge in [-0.25, -0.2) is 0 Å². The van der Waals surface area contributed by atoms with E-state index < -0.39 is 0 Å². The van der Waals surface area contributed by atoms with Gasteiger partial charge in [0.15, 0.2) is 23.1 Å². The lowest BCUT2D eigenvalue weighted by atomic mass is 9.75. The van der Waals surface area contributed by atoms with E-state index >= 15 is 0 Å². The van der Waals surface area contributed by atoms with E-state index in [1.807, 2.05) is 0 Å². The summed E-state index contributed by atoms with van der Waals surface area (Å²) in [7, 11) is 0. The molecule has 2 fully saturated rings. The highest BCUT2D eigenvalue weighted by molar-refractivity contribution is 6.07. The molecule has 0 aliphatic heterocycles. The lowest BCUT2D eigenvalue weighted by molar-refractivity contribution is -0.131. The molecule has 4 rings (SSSR count). The van der Waals surface area contributed by atoms with Crippen LogP contribution in [-0.2, 0) is 28.8 Å². The number of Topliss-reactive ketones (excluding diaryl/α,β-unsaturated/α-hetero) is 10. The predicted molar refractivity (Wildman–Crippen MR) is 213 cm³/mol. The summed E-state index contributed by atoms with van der Waals surface area (Å²) in [6.45, 7) is 15.2. The third kappa shape index (κ3) is 20.4. The Morgan fingerprint density at radius 3 is 0.873 bits per heavy atom. The Bertz CT molecular complexity index is 1550. The van der Waals surface area contributed by atoms with Crippen molar-refractivity contribution in [2.45, 2.75) is 127 Å². The third-order valence-electron chi connectivity index (χ3n) is 9.57. The predicted octanol–water partition coefficient (Wildman–Crippen LogP) is 8.68. The number of rotatable bonds is 10. The Kier molecular flexibility index (Phi) is 23.7. The lowest BCUT2D eigenvalue weighted by Gasteiger charge is -2.27. The van der Waals surface area contributed by atoms with Crippen LogP contribution in [0.4, 0.5) is 0 Å². The van der Waals surface area contributed by atoms with Gasteiger partial charge in [0.2, 0.25) is 0 Å². The van der Waals surface area contributed by atoms with Crippen LogP contribution in [0.1, 0.15) is 168 Å². The van der Waals surface area contributed by atoms with Crippen LogP contribution in [0, 0.1) is 23.7 Å². The van der Waals surface area contributed by atoms with Gasteiger partial charge in [-0.3, -0.25) is 47.9 Å². The minimum atomic E-state index is -0.0687. The largest absolute Gasteiger partial charge is 0.300 e. The summed E-state index contributed by atoms with van der Waals surface area (Å²) >= 11 is 0. The molecule has 55 heavy (non-hydrogen) atoms. The summed E-state index contributed by atoms with van der Waals surface area (Å²) < 4.78 is 0. The minimum absolute atomic E-state index is 0.0186. The van der Waals surface area contributed by atoms with Crippen molar-refractivity contribution in [3.8, 4) is 0 Å². The highest BCUT2D eigenvalue weighted by Gasteiger charge is 2.31. The maximum Gasteiger partial charge on any atom is 0.160 e.